The maximum atomic E-state index is 14.7. The Bertz CT molecular complexity index is 3540. The molecule has 1 aliphatic rings. The molecule has 1 aliphatic heterocycles. The van der Waals surface area contributed by atoms with Gasteiger partial charge in [0.05, 0.1) is 24.9 Å². The zero-order valence-electron chi connectivity index (χ0n) is 44.4. The Kier molecular flexibility index (Phi) is 21.9. The Morgan fingerprint density at radius 3 is 1.67 bits per heavy atom. The summed E-state index contributed by atoms with van der Waals surface area (Å²) in [5, 5.41) is 68.1. The summed E-state index contributed by atoms with van der Waals surface area (Å²) in [4.78, 5) is 0. The van der Waals surface area contributed by atoms with Crippen LogP contribution in [0.4, 0.5) is 30.7 Å². The van der Waals surface area contributed by atoms with Gasteiger partial charge in [-0.2, -0.15) is 0 Å². The molecule has 10 nitrogen and oxygen atoms in total. The summed E-state index contributed by atoms with van der Waals surface area (Å²) in [6.07, 6.45) is -3.75. The lowest BCUT2D eigenvalue weighted by Gasteiger charge is -2.25. The Morgan fingerprint density at radius 2 is 1.07 bits per heavy atom. The van der Waals surface area contributed by atoms with E-state index in [4.69, 9.17) is 24.1 Å². The molecule has 0 aliphatic carbocycles. The second-order valence-electron chi connectivity index (χ2n) is 19.0. The van der Waals surface area contributed by atoms with Crippen molar-refractivity contribution in [3.8, 4) is 44.9 Å². The van der Waals surface area contributed by atoms with Crippen molar-refractivity contribution in [2.45, 2.75) is 51.4 Å². The summed E-state index contributed by atoms with van der Waals surface area (Å²) in [6, 6.07) is 48.1. The number of aliphatic hydroxyl groups excluding tert-OH is 3. The third-order valence-electron chi connectivity index (χ3n) is 13.1. The highest BCUT2D eigenvalue weighted by Gasteiger charge is 2.47. The fourth-order valence-electron chi connectivity index (χ4n) is 8.69. The zero-order chi connectivity index (χ0) is 59.2. The highest BCUT2D eigenvalue weighted by atomic mass is 19.2. The van der Waals surface area contributed by atoms with Gasteiger partial charge >= 0.3 is 28.1 Å². The molecule has 1 saturated heterocycles. The molecule has 0 amide bonds. The lowest BCUT2D eigenvalue weighted by atomic mass is 9.64. The summed E-state index contributed by atoms with van der Waals surface area (Å²) in [6.45, 7) is 2.83. The molecular formula is C61H55B4F7O10. The molecule has 82 heavy (non-hydrogen) atoms. The maximum Gasteiger partial charge on any atom is 0.497 e. The molecule has 0 radical (unpaired) electrons. The van der Waals surface area contributed by atoms with Crippen molar-refractivity contribution in [2.75, 3.05) is 6.61 Å². The van der Waals surface area contributed by atoms with Gasteiger partial charge in [-0.25, -0.2) is 30.7 Å². The standard InChI is InChI=1S/C19H21BF2O5.C16H12BFO2.C13H11BF2O2.C13H11BF2O/c1-2-16(24)18-19(17(25)10-23)27-20(26-18)14-7-6-12(9-15(14)22)11-4-3-5-13(21)8-11;18-16-10-12(8-9-15(16)17(19)20)14-7-3-5-11-4-1-2-6-13(11)14;1-14(17)9-5-6-13(12(16)7-9)18-11-4-2-3-10(15)8-11;1-14(17)10-4-7-12(13(16)8-10)9-2-5-11(15)6-3-9/h3-9,16-19,23-25H,2,10H2,1H3;1-10,19-20H;2-8,17H,1H3;2-8,17H,1H3. The van der Waals surface area contributed by atoms with E-state index in [-0.39, 0.29) is 28.2 Å². The minimum absolute atomic E-state index is 0.00926. The first-order valence-corrected chi connectivity index (χ1v) is 25.9. The van der Waals surface area contributed by atoms with Crippen molar-refractivity contribution < 1.29 is 80.2 Å². The van der Waals surface area contributed by atoms with E-state index in [1.54, 1.807) is 57.0 Å². The van der Waals surface area contributed by atoms with Crippen LogP contribution >= 0.6 is 0 Å². The van der Waals surface area contributed by atoms with Crippen LogP contribution in [-0.2, 0) is 9.31 Å². The molecule has 10 rings (SSSR count). The van der Waals surface area contributed by atoms with Crippen LogP contribution in [-0.4, -0.2) is 94.5 Å². The molecule has 21 heteroatoms. The van der Waals surface area contributed by atoms with Crippen LogP contribution in [0.15, 0.2) is 188 Å². The third-order valence-corrected chi connectivity index (χ3v) is 13.1. The molecule has 9 aromatic carbocycles. The topological polar surface area (TPSA) is 169 Å². The lowest BCUT2D eigenvalue weighted by molar-refractivity contribution is -0.0519. The van der Waals surface area contributed by atoms with Gasteiger partial charge in [0, 0.05) is 22.6 Å². The van der Waals surface area contributed by atoms with Gasteiger partial charge in [0.1, 0.15) is 46.8 Å². The molecule has 0 spiro atoms. The predicted octanol–water partition coefficient (Wildman–Crippen LogP) is 8.59. The van der Waals surface area contributed by atoms with Crippen molar-refractivity contribution in [2.24, 2.45) is 0 Å². The van der Waals surface area contributed by atoms with E-state index in [1.807, 2.05) is 42.5 Å². The van der Waals surface area contributed by atoms with Crippen molar-refractivity contribution in [3.63, 3.8) is 0 Å². The number of hydrogen-bond donors (Lipinski definition) is 7. The predicted molar refractivity (Wildman–Crippen MR) is 307 cm³/mol. The van der Waals surface area contributed by atoms with E-state index in [0.717, 1.165) is 16.3 Å². The normalized spacial score (nSPS) is 14.3. The molecule has 9 aromatic rings. The van der Waals surface area contributed by atoms with Crippen LogP contribution in [0.2, 0.25) is 13.6 Å². The fraction of sp³-hybridized carbons (Fsp3) is 0.148. The van der Waals surface area contributed by atoms with Crippen LogP contribution in [0.25, 0.3) is 44.2 Å². The van der Waals surface area contributed by atoms with Crippen LogP contribution in [0.1, 0.15) is 13.3 Å². The first-order valence-electron chi connectivity index (χ1n) is 25.9. The minimum atomic E-state index is -1.79. The van der Waals surface area contributed by atoms with E-state index < -0.39 is 94.0 Å². The highest BCUT2D eigenvalue weighted by Crippen LogP contribution is 2.30. The summed E-state index contributed by atoms with van der Waals surface area (Å²) in [5.74, 6) is -3.27. The molecule has 0 aromatic heterocycles. The first kappa shape index (κ1) is 62.1. The molecule has 4 atom stereocenters. The summed E-state index contributed by atoms with van der Waals surface area (Å²) >= 11 is 0. The average molecular weight is 1120 g/mol. The number of aliphatic hydroxyl groups is 3. The molecule has 1 fully saturated rings. The third kappa shape index (κ3) is 16.1. The van der Waals surface area contributed by atoms with Crippen LogP contribution in [0, 0.1) is 40.7 Å². The Morgan fingerprint density at radius 1 is 0.500 bits per heavy atom. The van der Waals surface area contributed by atoms with E-state index in [0.29, 0.717) is 45.2 Å². The van der Waals surface area contributed by atoms with Gasteiger partial charge < -0.3 is 49.5 Å². The summed E-state index contributed by atoms with van der Waals surface area (Å²) < 4.78 is 112. The minimum Gasteiger partial charge on any atom is -0.454 e. The Hall–Kier alpha value is -7.55. The second kappa shape index (κ2) is 28.9. The van der Waals surface area contributed by atoms with E-state index in [2.05, 4.69) is 0 Å². The second-order valence-corrected chi connectivity index (χ2v) is 19.0. The van der Waals surface area contributed by atoms with Gasteiger partial charge in [0.2, 0.25) is 0 Å². The SMILES string of the molecule is CB(O)c1ccc(-c2ccc(F)cc2)c(F)c1.CB(O)c1ccc(Oc2cccc(F)c2)c(F)c1.CCC(O)C1OB(c2ccc(-c3cccc(F)c3)cc2F)OC1C(O)CO.OB(O)c1ccc(-c2cccc3ccccc23)cc1F. The molecule has 420 valence electrons. The van der Waals surface area contributed by atoms with Crippen LogP contribution in [0.3, 0.4) is 0 Å². The Labute approximate surface area is 470 Å². The van der Waals surface area contributed by atoms with Crippen molar-refractivity contribution in [1.29, 1.82) is 0 Å². The van der Waals surface area contributed by atoms with Crippen LogP contribution in [0.5, 0.6) is 11.5 Å². The maximum absolute atomic E-state index is 14.7. The summed E-state index contributed by atoms with van der Waals surface area (Å²) in [7, 11) is -2.93. The van der Waals surface area contributed by atoms with Crippen molar-refractivity contribution >= 4 is 60.7 Å². The number of halogens is 7. The van der Waals surface area contributed by atoms with Crippen molar-refractivity contribution in [3.05, 3.63) is 229 Å². The monoisotopic (exact) mass is 1120 g/mol. The van der Waals surface area contributed by atoms with E-state index in [1.165, 1.54) is 109 Å². The molecule has 7 N–H and O–H groups in total. The molecule has 0 bridgehead atoms. The van der Waals surface area contributed by atoms with E-state index >= 15 is 0 Å². The van der Waals surface area contributed by atoms with Gasteiger partial charge in [0.25, 0.3) is 0 Å². The molecule has 0 saturated carbocycles. The quantitative estimate of drug-likeness (QED) is 0.0439. The zero-order valence-corrected chi connectivity index (χ0v) is 44.4. The largest absolute Gasteiger partial charge is 0.497 e. The van der Waals surface area contributed by atoms with Gasteiger partial charge in [0.15, 0.2) is 11.6 Å². The molecular weight excluding hydrogens is 1070 g/mol. The molecule has 1 heterocycles. The Balaban J connectivity index is 0.000000160. The fourth-order valence-corrected chi connectivity index (χ4v) is 8.69. The van der Waals surface area contributed by atoms with Gasteiger partial charge in [-0.15, -0.1) is 0 Å². The molecule has 4 unspecified atom stereocenters. The lowest BCUT2D eigenvalue weighted by Crippen LogP contribution is -2.43. The number of hydrogen-bond acceptors (Lipinski definition) is 10. The van der Waals surface area contributed by atoms with E-state index in [9.17, 15) is 56.1 Å². The number of fused-ring (bicyclic) bond motifs is 1. The number of benzene rings is 9. The number of ether oxygens (including phenoxy) is 1. The highest BCUT2D eigenvalue weighted by molar-refractivity contribution is 6.65. The van der Waals surface area contributed by atoms with Crippen molar-refractivity contribution in [1.82, 2.24) is 0 Å². The number of rotatable bonds is 13. The first-order chi connectivity index (χ1) is 39.2. The van der Waals surface area contributed by atoms with Gasteiger partial charge in [-0.05, 0) is 123 Å². The van der Waals surface area contributed by atoms with Crippen LogP contribution < -0.4 is 26.6 Å². The van der Waals surface area contributed by atoms with Gasteiger partial charge in [-0.1, -0.05) is 136 Å². The van der Waals surface area contributed by atoms with Gasteiger partial charge in [-0.3, -0.25) is 0 Å². The summed E-state index contributed by atoms with van der Waals surface area (Å²) in [5.41, 5.74) is 4.62. The smallest absolute Gasteiger partial charge is 0.454 e. The average Bonchev–Trinajstić information content (AvgIpc) is 4.09.